The summed E-state index contributed by atoms with van der Waals surface area (Å²) in [5.74, 6) is 0.618. The molecule has 0 saturated heterocycles. The van der Waals surface area contributed by atoms with Gasteiger partial charge < -0.3 is 10.6 Å². The molecule has 0 aromatic carbocycles. The molecule has 1 unspecified atom stereocenters. The van der Waals surface area contributed by atoms with E-state index in [1.807, 2.05) is 4.90 Å². The number of hydrogen-bond donors (Lipinski definition) is 1. The molecule has 0 aromatic heterocycles. The van der Waals surface area contributed by atoms with Crippen LogP contribution in [0.1, 0.15) is 46.0 Å². The van der Waals surface area contributed by atoms with Crippen molar-refractivity contribution in [1.82, 2.24) is 4.90 Å². The molecule has 1 aliphatic rings. The van der Waals surface area contributed by atoms with Crippen LogP contribution in [0.4, 0.5) is 0 Å². The van der Waals surface area contributed by atoms with Crippen molar-refractivity contribution < 1.29 is 4.79 Å². The number of amides is 1. The van der Waals surface area contributed by atoms with E-state index in [-0.39, 0.29) is 11.8 Å². The zero-order valence-electron chi connectivity index (χ0n) is 10.9. The van der Waals surface area contributed by atoms with Gasteiger partial charge in [0.25, 0.3) is 0 Å². The number of carbonyl (C=O) groups excluding carboxylic acids is 1. The largest absolute Gasteiger partial charge is 0.393 e. The van der Waals surface area contributed by atoms with Crippen molar-refractivity contribution in [3.05, 3.63) is 0 Å². The smallest absolute Gasteiger partial charge is 0.232 e. The highest BCUT2D eigenvalue weighted by molar-refractivity contribution is 7.80. The summed E-state index contributed by atoms with van der Waals surface area (Å²) >= 11 is 5.02. The van der Waals surface area contributed by atoms with Gasteiger partial charge in [-0.15, -0.1) is 0 Å². The minimum atomic E-state index is -0.250. The SMILES string of the molecule is CCCC(C(=O)N(CCC)CC1CC1)C(N)=S. The van der Waals surface area contributed by atoms with Crippen LogP contribution in [0.3, 0.4) is 0 Å². The van der Waals surface area contributed by atoms with Gasteiger partial charge in [0.15, 0.2) is 0 Å². The Kier molecular flexibility index (Phi) is 5.89. The van der Waals surface area contributed by atoms with Crippen LogP contribution in [0.25, 0.3) is 0 Å². The minimum absolute atomic E-state index is 0.146. The zero-order chi connectivity index (χ0) is 12.8. The van der Waals surface area contributed by atoms with Gasteiger partial charge in [-0.3, -0.25) is 4.79 Å². The molecule has 0 aromatic rings. The number of thiocarbonyl (C=S) groups is 1. The molecular weight excluding hydrogens is 232 g/mol. The molecule has 1 amide bonds. The fraction of sp³-hybridized carbons (Fsp3) is 0.846. The Labute approximate surface area is 110 Å². The van der Waals surface area contributed by atoms with Crippen molar-refractivity contribution in [2.24, 2.45) is 17.6 Å². The predicted molar refractivity (Wildman–Crippen MR) is 74.8 cm³/mol. The van der Waals surface area contributed by atoms with E-state index < -0.39 is 0 Å². The first-order valence-electron chi connectivity index (χ1n) is 6.68. The highest BCUT2D eigenvalue weighted by atomic mass is 32.1. The van der Waals surface area contributed by atoms with Crippen molar-refractivity contribution in [3.8, 4) is 0 Å². The molecule has 0 spiro atoms. The van der Waals surface area contributed by atoms with Gasteiger partial charge in [0.05, 0.1) is 10.9 Å². The van der Waals surface area contributed by atoms with E-state index in [4.69, 9.17) is 18.0 Å². The summed E-state index contributed by atoms with van der Waals surface area (Å²) in [4.78, 5) is 14.7. The lowest BCUT2D eigenvalue weighted by Gasteiger charge is -2.26. The highest BCUT2D eigenvalue weighted by Crippen LogP contribution is 2.30. The maximum Gasteiger partial charge on any atom is 0.232 e. The van der Waals surface area contributed by atoms with Crippen molar-refractivity contribution in [2.75, 3.05) is 13.1 Å². The van der Waals surface area contributed by atoms with E-state index in [0.717, 1.165) is 38.3 Å². The zero-order valence-corrected chi connectivity index (χ0v) is 11.8. The summed E-state index contributed by atoms with van der Waals surface area (Å²) in [6, 6.07) is 0. The second-order valence-electron chi connectivity index (χ2n) is 4.97. The van der Waals surface area contributed by atoms with Crippen molar-refractivity contribution in [2.45, 2.75) is 46.0 Å². The van der Waals surface area contributed by atoms with Gasteiger partial charge in [-0.1, -0.05) is 32.5 Å². The molecule has 1 atom stereocenters. The molecule has 17 heavy (non-hydrogen) atoms. The van der Waals surface area contributed by atoms with E-state index in [9.17, 15) is 4.79 Å². The first-order chi connectivity index (χ1) is 8.10. The monoisotopic (exact) mass is 256 g/mol. The van der Waals surface area contributed by atoms with Gasteiger partial charge in [0, 0.05) is 13.1 Å². The second kappa shape index (κ2) is 6.94. The summed E-state index contributed by atoms with van der Waals surface area (Å²) < 4.78 is 0. The molecule has 0 heterocycles. The maximum atomic E-state index is 12.4. The third-order valence-corrected chi connectivity index (χ3v) is 3.48. The Bertz CT molecular complexity index is 277. The quantitative estimate of drug-likeness (QED) is 0.678. The number of nitrogens with zero attached hydrogens (tertiary/aromatic N) is 1. The number of rotatable bonds is 8. The number of nitrogens with two attached hydrogens (primary N) is 1. The molecule has 2 N–H and O–H groups in total. The normalized spacial score (nSPS) is 16.6. The molecule has 1 rings (SSSR count). The maximum absolute atomic E-state index is 12.4. The molecule has 1 fully saturated rings. The predicted octanol–water partition coefficient (Wildman–Crippen LogP) is 2.34. The highest BCUT2D eigenvalue weighted by Gasteiger charge is 2.30. The molecule has 1 saturated carbocycles. The van der Waals surface area contributed by atoms with E-state index in [1.54, 1.807) is 0 Å². The van der Waals surface area contributed by atoms with Gasteiger partial charge in [0.1, 0.15) is 0 Å². The average molecular weight is 256 g/mol. The van der Waals surface area contributed by atoms with E-state index in [0.29, 0.717) is 4.99 Å². The Morgan fingerprint density at radius 3 is 2.47 bits per heavy atom. The lowest BCUT2D eigenvalue weighted by Crippen LogP contribution is -2.42. The third kappa shape index (κ3) is 4.62. The first kappa shape index (κ1) is 14.4. The van der Waals surface area contributed by atoms with Crippen LogP contribution in [0, 0.1) is 11.8 Å². The van der Waals surface area contributed by atoms with Crippen LogP contribution in [0.2, 0.25) is 0 Å². The summed E-state index contributed by atoms with van der Waals surface area (Å²) in [5.41, 5.74) is 5.69. The van der Waals surface area contributed by atoms with Crippen LogP contribution in [0.5, 0.6) is 0 Å². The molecule has 4 heteroatoms. The summed E-state index contributed by atoms with van der Waals surface area (Å²) in [5, 5.41) is 0. The van der Waals surface area contributed by atoms with E-state index in [2.05, 4.69) is 13.8 Å². The molecule has 0 radical (unpaired) electrons. The Morgan fingerprint density at radius 2 is 2.06 bits per heavy atom. The minimum Gasteiger partial charge on any atom is -0.393 e. The Morgan fingerprint density at radius 1 is 1.41 bits per heavy atom. The van der Waals surface area contributed by atoms with Crippen LogP contribution < -0.4 is 5.73 Å². The van der Waals surface area contributed by atoms with Crippen LogP contribution in [-0.4, -0.2) is 28.9 Å². The van der Waals surface area contributed by atoms with Crippen LogP contribution >= 0.6 is 12.2 Å². The Hall–Kier alpha value is -0.640. The number of carbonyl (C=O) groups is 1. The molecule has 98 valence electrons. The summed E-state index contributed by atoms with van der Waals surface area (Å²) in [7, 11) is 0. The third-order valence-electron chi connectivity index (χ3n) is 3.20. The van der Waals surface area contributed by atoms with Gasteiger partial charge in [0.2, 0.25) is 5.91 Å². The standard InChI is InChI=1S/C13H24N2OS/c1-3-5-11(12(14)17)13(16)15(8-4-2)9-10-6-7-10/h10-11H,3-9H2,1-2H3,(H2,14,17). The first-order valence-corrected chi connectivity index (χ1v) is 7.09. The number of hydrogen-bond acceptors (Lipinski definition) is 2. The van der Waals surface area contributed by atoms with Gasteiger partial charge in [-0.2, -0.15) is 0 Å². The van der Waals surface area contributed by atoms with Crippen molar-refractivity contribution >= 4 is 23.1 Å². The van der Waals surface area contributed by atoms with Crippen molar-refractivity contribution in [1.29, 1.82) is 0 Å². The molecular formula is C13H24N2OS. The lowest BCUT2D eigenvalue weighted by molar-refractivity contribution is -0.133. The van der Waals surface area contributed by atoms with Crippen molar-refractivity contribution in [3.63, 3.8) is 0 Å². The molecule has 3 nitrogen and oxygen atoms in total. The fourth-order valence-corrected chi connectivity index (χ4v) is 2.29. The molecule has 1 aliphatic carbocycles. The summed E-state index contributed by atoms with van der Waals surface area (Å²) in [6.07, 6.45) is 5.24. The fourth-order valence-electron chi connectivity index (χ4n) is 2.07. The second-order valence-corrected chi connectivity index (χ2v) is 5.44. The van der Waals surface area contributed by atoms with Gasteiger partial charge in [-0.05, 0) is 31.6 Å². The van der Waals surface area contributed by atoms with Crippen LogP contribution in [0.15, 0.2) is 0 Å². The average Bonchev–Trinajstić information content (AvgIpc) is 3.08. The molecule has 0 bridgehead atoms. The van der Waals surface area contributed by atoms with Gasteiger partial charge >= 0.3 is 0 Å². The van der Waals surface area contributed by atoms with E-state index >= 15 is 0 Å². The van der Waals surface area contributed by atoms with E-state index in [1.165, 1.54) is 12.8 Å². The van der Waals surface area contributed by atoms with Gasteiger partial charge in [-0.25, -0.2) is 0 Å². The lowest BCUT2D eigenvalue weighted by atomic mass is 10.0. The Balaban J connectivity index is 2.61. The summed E-state index contributed by atoms with van der Waals surface area (Å²) in [6.45, 7) is 5.89. The topological polar surface area (TPSA) is 46.3 Å². The van der Waals surface area contributed by atoms with Crippen LogP contribution in [-0.2, 0) is 4.79 Å². The molecule has 0 aliphatic heterocycles.